The molecule has 1 N–H and O–H groups in total. The number of anilines is 1. The molecule has 0 bridgehead atoms. The first kappa shape index (κ1) is 16.5. The number of ether oxygens (including phenoxy) is 1. The lowest BCUT2D eigenvalue weighted by atomic mass is 10.1. The van der Waals surface area contributed by atoms with E-state index in [0.29, 0.717) is 18.6 Å². The molecule has 1 aromatic carbocycles. The topological polar surface area (TPSA) is 54.5 Å². The first-order chi connectivity index (χ1) is 11.3. The number of nitrogens with zero attached hydrogens (tertiary/aromatic N) is 2. The molecule has 1 saturated heterocycles. The van der Waals surface area contributed by atoms with Crippen molar-refractivity contribution in [1.29, 1.82) is 0 Å². The molecule has 0 radical (unpaired) electrons. The lowest BCUT2D eigenvalue weighted by molar-refractivity contribution is 0.0293. The van der Waals surface area contributed by atoms with Crippen LogP contribution in [0.2, 0.25) is 0 Å². The van der Waals surface area contributed by atoms with Crippen molar-refractivity contribution in [2.24, 2.45) is 0 Å². The highest BCUT2D eigenvalue weighted by atomic mass is 19.1. The van der Waals surface area contributed by atoms with E-state index < -0.39 is 5.60 Å². The van der Waals surface area contributed by atoms with E-state index in [1.165, 1.54) is 6.07 Å². The first-order valence-electron chi connectivity index (χ1n) is 8.11. The maximum absolute atomic E-state index is 13.8. The van der Waals surface area contributed by atoms with Crippen molar-refractivity contribution >= 4 is 22.7 Å². The van der Waals surface area contributed by atoms with Crippen molar-refractivity contribution in [3.8, 4) is 0 Å². The molecule has 24 heavy (non-hydrogen) atoms. The van der Waals surface area contributed by atoms with Crippen LogP contribution in [0.5, 0.6) is 0 Å². The van der Waals surface area contributed by atoms with Crippen molar-refractivity contribution in [3.63, 3.8) is 0 Å². The van der Waals surface area contributed by atoms with E-state index in [1.807, 2.05) is 32.9 Å². The molecule has 2 aromatic rings. The van der Waals surface area contributed by atoms with Gasteiger partial charge in [-0.25, -0.2) is 9.18 Å². The Hall–Kier alpha value is -2.37. The highest BCUT2D eigenvalue weighted by Crippen LogP contribution is 2.26. The Morgan fingerprint density at radius 1 is 1.38 bits per heavy atom. The molecule has 0 aliphatic carbocycles. The van der Waals surface area contributed by atoms with Gasteiger partial charge in [0.25, 0.3) is 0 Å². The zero-order valence-corrected chi connectivity index (χ0v) is 14.2. The Balaban J connectivity index is 1.70. The summed E-state index contributed by atoms with van der Waals surface area (Å²) in [7, 11) is 0. The predicted octanol–water partition coefficient (Wildman–Crippen LogP) is 3.80. The average molecular weight is 331 g/mol. The number of likely N-dealkylation sites (tertiary alicyclic amines) is 1. The van der Waals surface area contributed by atoms with Crippen LogP contribution >= 0.6 is 0 Å². The summed E-state index contributed by atoms with van der Waals surface area (Å²) >= 11 is 0. The Morgan fingerprint density at radius 3 is 2.92 bits per heavy atom. The number of para-hydroxylation sites is 1. The Bertz CT molecular complexity index is 758. The number of carbonyl (C=O) groups is 1. The molecule has 1 atom stereocenters. The average Bonchev–Trinajstić information content (AvgIpc) is 2.95. The summed E-state index contributed by atoms with van der Waals surface area (Å²) in [6, 6.07) is 6.85. The number of nitrogens with one attached hydrogen (secondary N) is 1. The number of carbonyl (C=O) groups excluding carboxylic acids is 1. The molecular formula is C18H22FN3O2. The normalized spacial score (nSPS) is 18.0. The van der Waals surface area contributed by atoms with Gasteiger partial charge in [0.2, 0.25) is 0 Å². The standard InChI is InChI=1S/C18H22FN3O2/c1-18(2,3)24-17(23)22-10-8-12(11-22)21-15-7-9-20-16-13(15)5-4-6-14(16)19/h4-7,9,12H,8,10-11H2,1-3H3,(H,20,21). The van der Waals surface area contributed by atoms with Crippen molar-refractivity contribution < 1.29 is 13.9 Å². The van der Waals surface area contributed by atoms with Crippen LogP contribution in [-0.4, -0.2) is 40.7 Å². The third kappa shape index (κ3) is 3.58. The number of fused-ring (bicyclic) bond motifs is 1. The number of aromatic nitrogens is 1. The second-order valence-corrected chi connectivity index (χ2v) is 7.05. The third-order valence-corrected chi connectivity index (χ3v) is 3.92. The fourth-order valence-corrected chi connectivity index (χ4v) is 2.86. The molecule has 1 amide bonds. The van der Waals surface area contributed by atoms with Crippen molar-refractivity contribution in [2.45, 2.75) is 38.8 Å². The number of pyridine rings is 1. The van der Waals surface area contributed by atoms with Gasteiger partial charge in [-0.1, -0.05) is 12.1 Å². The van der Waals surface area contributed by atoms with Crippen molar-refractivity contribution in [3.05, 3.63) is 36.3 Å². The van der Waals surface area contributed by atoms with Gasteiger partial charge in [-0.3, -0.25) is 4.98 Å². The monoisotopic (exact) mass is 331 g/mol. The zero-order chi connectivity index (χ0) is 17.3. The number of amides is 1. The van der Waals surface area contributed by atoms with Crippen LogP contribution in [0.25, 0.3) is 10.9 Å². The van der Waals surface area contributed by atoms with E-state index in [2.05, 4.69) is 10.3 Å². The van der Waals surface area contributed by atoms with E-state index in [1.54, 1.807) is 17.2 Å². The summed E-state index contributed by atoms with van der Waals surface area (Å²) < 4.78 is 19.3. The summed E-state index contributed by atoms with van der Waals surface area (Å²) in [6.07, 6.45) is 2.12. The Morgan fingerprint density at radius 2 is 2.17 bits per heavy atom. The molecule has 1 aliphatic rings. The van der Waals surface area contributed by atoms with E-state index in [4.69, 9.17) is 4.74 Å². The van der Waals surface area contributed by atoms with Crippen LogP contribution in [0.1, 0.15) is 27.2 Å². The van der Waals surface area contributed by atoms with Crippen LogP contribution in [0.4, 0.5) is 14.9 Å². The van der Waals surface area contributed by atoms with E-state index in [-0.39, 0.29) is 18.0 Å². The number of hydrogen-bond donors (Lipinski definition) is 1. The lowest BCUT2D eigenvalue weighted by Gasteiger charge is -2.24. The summed E-state index contributed by atoms with van der Waals surface area (Å²) in [5, 5.41) is 4.15. The molecule has 2 heterocycles. The fraction of sp³-hybridized carbons (Fsp3) is 0.444. The lowest BCUT2D eigenvalue weighted by Crippen LogP contribution is -2.36. The van der Waals surface area contributed by atoms with Crippen LogP contribution in [0, 0.1) is 5.82 Å². The quantitative estimate of drug-likeness (QED) is 0.909. The SMILES string of the molecule is CC(C)(C)OC(=O)N1CCC(Nc2ccnc3c(F)cccc23)C1. The molecule has 5 nitrogen and oxygen atoms in total. The minimum Gasteiger partial charge on any atom is -0.444 e. The van der Waals surface area contributed by atoms with Gasteiger partial charge in [0.15, 0.2) is 0 Å². The maximum atomic E-state index is 13.8. The Kier molecular flexibility index (Phi) is 4.30. The molecule has 6 heteroatoms. The zero-order valence-electron chi connectivity index (χ0n) is 14.2. The summed E-state index contributed by atoms with van der Waals surface area (Å²) in [4.78, 5) is 17.9. The van der Waals surface area contributed by atoms with Crippen molar-refractivity contribution in [1.82, 2.24) is 9.88 Å². The van der Waals surface area contributed by atoms with Crippen LogP contribution in [0.15, 0.2) is 30.5 Å². The van der Waals surface area contributed by atoms with Gasteiger partial charge in [-0.15, -0.1) is 0 Å². The van der Waals surface area contributed by atoms with Gasteiger partial charge in [-0.05, 0) is 39.3 Å². The molecule has 3 rings (SSSR count). The minimum atomic E-state index is -0.499. The predicted molar refractivity (Wildman–Crippen MR) is 91.5 cm³/mol. The smallest absolute Gasteiger partial charge is 0.410 e. The van der Waals surface area contributed by atoms with E-state index in [0.717, 1.165) is 17.5 Å². The third-order valence-electron chi connectivity index (χ3n) is 3.92. The van der Waals surface area contributed by atoms with Crippen molar-refractivity contribution in [2.75, 3.05) is 18.4 Å². The molecule has 1 aliphatic heterocycles. The van der Waals surface area contributed by atoms with Gasteiger partial charge in [-0.2, -0.15) is 0 Å². The van der Waals surface area contributed by atoms with Gasteiger partial charge >= 0.3 is 6.09 Å². The minimum absolute atomic E-state index is 0.103. The Labute approximate surface area is 140 Å². The van der Waals surface area contributed by atoms with Gasteiger partial charge in [0, 0.05) is 36.4 Å². The highest BCUT2D eigenvalue weighted by Gasteiger charge is 2.29. The molecule has 0 spiro atoms. The molecule has 1 fully saturated rings. The number of hydrogen-bond acceptors (Lipinski definition) is 4. The van der Waals surface area contributed by atoms with Crippen LogP contribution in [-0.2, 0) is 4.74 Å². The van der Waals surface area contributed by atoms with E-state index in [9.17, 15) is 9.18 Å². The van der Waals surface area contributed by atoms with Gasteiger partial charge in [0.05, 0.1) is 0 Å². The number of halogens is 1. The second kappa shape index (κ2) is 6.26. The highest BCUT2D eigenvalue weighted by molar-refractivity contribution is 5.91. The summed E-state index contributed by atoms with van der Waals surface area (Å²) in [5.41, 5.74) is 0.682. The molecule has 128 valence electrons. The molecule has 1 unspecified atom stereocenters. The van der Waals surface area contributed by atoms with Gasteiger partial charge < -0.3 is 15.0 Å². The largest absolute Gasteiger partial charge is 0.444 e. The fourth-order valence-electron chi connectivity index (χ4n) is 2.86. The number of benzene rings is 1. The summed E-state index contributed by atoms with van der Waals surface area (Å²) in [6.45, 7) is 6.77. The van der Waals surface area contributed by atoms with E-state index >= 15 is 0 Å². The molecular weight excluding hydrogens is 309 g/mol. The second-order valence-electron chi connectivity index (χ2n) is 7.05. The maximum Gasteiger partial charge on any atom is 0.410 e. The first-order valence-corrected chi connectivity index (χ1v) is 8.11. The molecule has 1 aromatic heterocycles. The summed E-state index contributed by atoms with van der Waals surface area (Å²) in [5.74, 6) is -0.335. The number of rotatable bonds is 2. The van der Waals surface area contributed by atoms with Crippen LogP contribution in [0.3, 0.4) is 0 Å². The van der Waals surface area contributed by atoms with Gasteiger partial charge in [0.1, 0.15) is 16.9 Å². The van der Waals surface area contributed by atoms with Crippen LogP contribution < -0.4 is 5.32 Å². The molecule has 0 saturated carbocycles.